The smallest absolute Gasteiger partial charge is 0.297 e. The van der Waals surface area contributed by atoms with Crippen LogP contribution < -0.4 is 5.48 Å². The Bertz CT molecular complexity index is 317. The highest BCUT2D eigenvalue weighted by Gasteiger charge is 2.32. The minimum Gasteiger partial charge on any atom is -0.447 e. The average Bonchev–Trinajstić information content (AvgIpc) is 2.84. The first kappa shape index (κ1) is 8.25. The molecule has 5 nitrogen and oxygen atoms in total. The number of amides is 1. The van der Waals surface area contributed by atoms with E-state index in [2.05, 4.69) is 15.3 Å². The number of hydrogen-bond acceptors (Lipinski definition) is 4. The van der Waals surface area contributed by atoms with Gasteiger partial charge >= 0.3 is 0 Å². The lowest BCUT2D eigenvalue weighted by Crippen LogP contribution is -2.23. The Morgan fingerprint density at radius 1 is 1.77 bits per heavy atom. The molecule has 1 N–H and O–H groups in total. The van der Waals surface area contributed by atoms with Crippen molar-refractivity contribution in [1.82, 2.24) is 10.5 Å². The van der Waals surface area contributed by atoms with Gasteiger partial charge in [0.2, 0.25) is 0 Å². The van der Waals surface area contributed by atoms with E-state index < -0.39 is 0 Å². The van der Waals surface area contributed by atoms with Crippen LogP contribution in [0, 0.1) is 0 Å². The molecular formula is C8H10N2O3. The van der Waals surface area contributed by atoms with Gasteiger partial charge in [0.1, 0.15) is 5.76 Å². The van der Waals surface area contributed by atoms with Crippen molar-refractivity contribution in [2.45, 2.75) is 18.8 Å². The number of carbonyl (C=O) groups excluding carboxylic acids is 1. The van der Waals surface area contributed by atoms with Gasteiger partial charge in [0, 0.05) is 5.92 Å². The summed E-state index contributed by atoms with van der Waals surface area (Å²) in [7, 11) is 1.38. The topological polar surface area (TPSA) is 64.4 Å². The fourth-order valence-electron chi connectivity index (χ4n) is 1.20. The number of hydrogen-bond donors (Lipinski definition) is 1. The average molecular weight is 182 g/mol. The van der Waals surface area contributed by atoms with E-state index in [9.17, 15) is 4.79 Å². The summed E-state index contributed by atoms with van der Waals surface area (Å²) in [5.74, 6) is 0.702. The Morgan fingerprint density at radius 3 is 3.15 bits per heavy atom. The van der Waals surface area contributed by atoms with E-state index in [1.54, 1.807) is 0 Å². The van der Waals surface area contributed by atoms with Crippen LogP contribution in [0.5, 0.6) is 0 Å². The molecule has 2 rings (SSSR count). The van der Waals surface area contributed by atoms with Crippen LogP contribution in [0.4, 0.5) is 0 Å². The fourth-order valence-corrected chi connectivity index (χ4v) is 1.20. The number of nitrogens with zero attached hydrogens (tertiary/aromatic N) is 1. The molecule has 0 aliphatic heterocycles. The quantitative estimate of drug-likeness (QED) is 0.703. The van der Waals surface area contributed by atoms with Gasteiger partial charge in [-0.2, -0.15) is 0 Å². The summed E-state index contributed by atoms with van der Waals surface area (Å²) >= 11 is 0. The van der Waals surface area contributed by atoms with E-state index in [0.717, 1.165) is 12.8 Å². The van der Waals surface area contributed by atoms with E-state index in [4.69, 9.17) is 4.42 Å². The highest BCUT2D eigenvalue weighted by Crippen LogP contribution is 2.41. The molecule has 0 radical (unpaired) electrons. The third-order valence-corrected chi connectivity index (χ3v) is 1.95. The third kappa shape index (κ3) is 1.55. The van der Waals surface area contributed by atoms with Crippen LogP contribution >= 0.6 is 0 Å². The van der Waals surface area contributed by atoms with Crippen molar-refractivity contribution in [3.8, 4) is 0 Å². The highest BCUT2D eigenvalue weighted by molar-refractivity contribution is 5.92. The molecule has 1 amide bonds. The summed E-state index contributed by atoms with van der Waals surface area (Å²) < 4.78 is 5.13. The first-order valence-corrected chi connectivity index (χ1v) is 4.09. The van der Waals surface area contributed by atoms with Crippen molar-refractivity contribution in [2.24, 2.45) is 0 Å². The molecule has 70 valence electrons. The second-order valence-corrected chi connectivity index (χ2v) is 2.97. The van der Waals surface area contributed by atoms with Gasteiger partial charge in [-0.1, -0.05) is 0 Å². The number of nitrogens with one attached hydrogen (secondary N) is 1. The summed E-state index contributed by atoms with van der Waals surface area (Å²) in [6.07, 6.45) is 3.43. The van der Waals surface area contributed by atoms with E-state index in [0.29, 0.717) is 17.4 Å². The number of rotatable bonds is 3. The highest BCUT2D eigenvalue weighted by atomic mass is 16.6. The zero-order valence-corrected chi connectivity index (χ0v) is 7.24. The zero-order chi connectivity index (χ0) is 9.26. The monoisotopic (exact) mass is 182 g/mol. The minimum absolute atomic E-state index is 0.337. The van der Waals surface area contributed by atoms with Crippen molar-refractivity contribution < 1.29 is 14.0 Å². The molecular weight excluding hydrogens is 172 g/mol. The van der Waals surface area contributed by atoms with Crippen LogP contribution in [0.15, 0.2) is 10.8 Å². The minimum atomic E-state index is -0.349. The Kier molecular flexibility index (Phi) is 2.02. The molecule has 0 bridgehead atoms. The predicted molar refractivity (Wildman–Crippen MR) is 43.0 cm³/mol. The SMILES string of the molecule is CONC(=O)c1ncoc1C1CC1. The second-order valence-electron chi connectivity index (χ2n) is 2.97. The summed E-state index contributed by atoms with van der Waals surface area (Å²) in [4.78, 5) is 19.6. The lowest BCUT2D eigenvalue weighted by molar-refractivity contribution is 0.0531. The maximum Gasteiger partial charge on any atom is 0.297 e. The number of hydroxylamine groups is 1. The molecule has 13 heavy (non-hydrogen) atoms. The van der Waals surface area contributed by atoms with Crippen LogP contribution in [0.3, 0.4) is 0 Å². The van der Waals surface area contributed by atoms with Gasteiger partial charge in [-0.05, 0) is 12.8 Å². The molecule has 0 spiro atoms. The van der Waals surface area contributed by atoms with Gasteiger partial charge < -0.3 is 4.42 Å². The Labute approximate surface area is 75.0 Å². The van der Waals surface area contributed by atoms with Gasteiger partial charge in [-0.3, -0.25) is 9.63 Å². The van der Waals surface area contributed by atoms with Crippen molar-refractivity contribution >= 4 is 5.91 Å². The lowest BCUT2D eigenvalue weighted by Gasteiger charge is -1.99. The maximum absolute atomic E-state index is 11.3. The van der Waals surface area contributed by atoms with E-state index >= 15 is 0 Å². The molecule has 1 heterocycles. The zero-order valence-electron chi connectivity index (χ0n) is 7.24. The van der Waals surface area contributed by atoms with Crippen LogP contribution in [0.2, 0.25) is 0 Å². The third-order valence-electron chi connectivity index (χ3n) is 1.95. The molecule has 1 aliphatic carbocycles. The van der Waals surface area contributed by atoms with Gasteiger partial charge in [0.25, 0.3) is 5.91 Å². The van der Waals surface area contributed by atoms with Crippen LogP contribution in [0.1, 0.15) is 35.0 Å². The van der Waals surface area contributed by atoms with Crippen LogP contribution in [-0.2, 0) is 4.84 Å². The summed E-state index contributed by atoms with van der Waals surface area (Å²) in [6.45, 7) is 0. The molecule has 5 heteroatoms. The van der Waals surface area contributed by atoms with E-state index in [1.807, 2.05) is 0 Å². The first-order valence-electron chi connectivity index (χ1n) is 4.09. The molecule has 1 aromatic rings. The van der Waals surface area contributed by atoms with E-state index in [-0.39, 0.29) is 5.91 Å². The van der Waals surface area contributed by atoms with Crippen LogP contribution in [0.25, 0.3) is 0 Å². The second kappa shape index (κ2) is 3.18. The Balaban J connectivity index is 2.18. The van der Waals surface area contributed by atoms with Crippen LogP contribution in [-0.4, -0.2) is 18.0 Å². The van der Waals surface area contributed by atoms with Gasteiger partial charge in [-0.15, -0.1) is 0 Å². The number of aromatic nitrogens is 1. The Morgan fingerprint density at radius 2 is 2.54 bits per heavy atom. The van der Waals surface area contributed by atoms with Gasteiger partial charge in [-0.25, -0.2) is 10.5 Å². The molecule has 0 unspecified atom stereocenters. The van der Waals surface area contributed by atoms with Crippen molar-refractivity contribution in [2.75, 3.05) is 7.11 Å². The summed E-state index contributed by atoms with van der Waals surface area (Å²) in [5, 5.41) is 0. The van der Waals surface area contributed by atoms with Crippen molar-refractivity contribution in [3.63, 3.8) is 0 Å². The first-order chi connectivity index (χ1) is 6.33. The standard InChI is InChI=1S/C8H10N2O3/c1-12-10-8(11)6-7(5-2-3-5)13-4-9-6/h4-5H,2-3H2,1H3,(H,10,11). The predicted octanol–water partition coefficient (Wildman–Crippen LogP) is 0.843. The molecule has 0 aromatic carbocycles. The Hall–Kier alpha value is -1.36. The molecule has 0 saturated heterocycles. The molecule has 1 aliphatic rings. The summed E-state index contributed by atoms with van der Waals surface area (Å²) in [6, 6.07) is 0. The number of oxazole rings is 1. The largest absolute Gasteiger partial charge is 0.447 e. The van der Waals surface area contributed by atoms with E-state index in [1.165, 1.54) is 13.5 Å². The fraction of sp³-hybridized carbons (Fsp3) is 0.500. The molecule has 1 fully saturated rings. The van der Waals surface area contributed by atoms with Crippen molar-refractivity contribution in [3.05, 3.63) is 17.8 Å². The van der Waals surface area contributed by atoms with Gasteiger partial charge in [0.05, 0.1) is 7.11 Å². The normalized spacial score (nSPS) is 15.8. The maximum atomic E-state index is 11.3. The van der Waals surface area contributed by atoms with Gasteiger partial charge in [0.15, 0.2) is 12.1 Å². The summed E-state index contributed by atoms with van der Waals surface area (Å²) in [5.41, 5.74) is 2.55. The molecule has 1 saturated carbocycles. The van der Waals surface area contributed by atoms with Crippen molar-refractivity contribution in [1.29, 1.82) is 0 Å². The lowest BCUT2D eigenvalue weighted by atomic mass is 10.2. The molecule has 0 atom stereocenters. The number of carbonyl (C=O) groups is 1. The molecule has 1 aromatic heterocycles.